The third-order valence-corrected chi connectivity index (χ3v) is 8.49. The van der Waals surface area contributed by atoms with E-state index in [1.807, 2.05) is 60.7 Å². The number of aromatic nitrogens is 8. The van der Waals surface area contributed by atoms with Crippen LogP contribution in [0.2, 0.25) is 0 Å². The van der Waals surface area contributed by atoms with Crippen LogP contribution < -0.4 is 0 Å². The number of hydrogen-bond acceptors (Lipinski definition) is 8. The van der Waals surface area contributed by atoms with Gasteiger partial charge in [-0.25, -0.2) is 29.9 Å². The summed E-state index contributed by atoms with van der Waals surface area (Å²) in [6, 6.07) is 36.7. The molecule has 222 valence electrons. The zero-order chi connectivity index (χ0) is 32.2. The van der Waals surface area contributed by atoms with Gasteiger partial charge in [-0.1, -0.05) is 72.8 Å². The van der Waals surface area contributed by atoms with Gasteiger partial charge in [0.05, 0.1) is 22.1 Å². The molecule has 0 spiro atoms. The van der Waals surface area contributed by atoms with E-state index in [1.165, 1.54) is 0 Å². The largest absolute Gasteiger partial charge is 0.292 e. The Bertz CT molecular complexity index is 2500. The van der Waals surface area contributed by atoms with Crippen LogP contribution in [0.25, 0.3) is 77.8 Å². The van der Waals surface area contributed by atoms with Gasteiger partial charge >= 0.3 is 0 Å². The molecule has 9 aromatic rings. The predicted molar refractivity (Wildman–Crippen MR) is 182 cm³/mol. The highest BCUT2D eigenvalue weighted by Crippen LogP contribution is 2.39. The Morgan fingerprint density at radius 3 is 1.00 bits per heavy atom. The molecule has 5 aromatic heterocycles. The number of fused-ring (bicyclic) bond motifs is 6. The van der Waals surface area contributed by atoms with Gasteiger partial charge in [-0.15, -0.1) is 0 Å². The van der Waals surface area contributed by atoms with Gasteiger partial charge in [-0.05, 0) is 24.3 Å². The number of rotatable bonds is 4. The molecule has 0 saturated carbocycles. The Hall–Kier alpha value is -7.30. The molecule has 0 amide bonds. The van der Waals surface area contributed by atoms with Gasteiger partial charge in [-0.2, -0.15) is 10.5 Å². The summed E-state index contributed by atoms with van der Waals surface area (Å²) in [5.74, 6) is 1.17. The third-order valence-electron chi connectivity index (χ3n) is 8.49. The van der Waals surface area contributed by atoms with Crippen molar-refractivity contribution in [2.75, 3.05) is 0 Å². The lowest BCUT2D eigenvalue weighted by Crippen LogP contribution is -2.10. The molecule has 10 heteroatoms. The summed E-state index contributed by atoms with van der Waals surface area (Å²) in [7, 11) is 0. The smallest absolute Gasteiger partial charge is 0.232 e. The Morgan fingerprint density at radius 1 is 0.417 bits per heavy atom. The number of para-hydroxylation sites is 4. The Kier molecular flexibility index (Phi) is 6.00. The second-order valence-electron chi connectivity index (χ2n) is 11.1. The summed E-state index contributed by atoms with van der Waals surface area (Å²) in [6.45, 7) is 0. The monoisotopic (exact) mass is 616 g/mol. The van der Waals surface area contributed by atoms with Gasteiger partial charge in [0.25, 0.3) is 0 Å². The SMILES string of the molecule is N#Cc1ncc(-c2nc(-n3c4ccccc4c4ccccc43)c(-c3cnc(C#N)nc3)nc2-n2c3ccccc3c3ccccc32)cn1. The van der Waals surface area contributed by atoms with Gasteiger partial charge in [0.1, 0.15) is 23.5 Å². The van der Waals surface area contributed by atoms with Crippen LogP contribution in [0, 0.1) is 22.7 Å². The second-order valence-corrected chi connectivity index (χ2v) is 11.1. The van der Waals surface area contributed by atoms with Crippen molar-refractivity contribution in [2.24, 2.45) is 0 Å². The van der Waals surface area contributed by atoms with Crippen molar-refractivity contribution >= 4 is 43.6 Å². The van der Waals surface area contributed by atoms with E-state index < -0.39 is 0 Å². The summed E-state index contributed by atoms with van der Waals surface area (Å²) in [5, 5.41) is 23.2. The number of nitriles is 2. The fourth-order valence-electron chi connectivity index (χ4n) is 6.43. The summed E-state index contributed by atoms with van der Waals surface area (Å²) in [6.07, 6.45) is 6.42. The molecule has 0 saturated heterocycles. The van der Waals surface area contributed by atoms with Crippen LogP contribution in [0.1, 0.15) is 11.6 Å². The lowest BCUT2D eigenvalue weighted by atomic mass is 10.1. The minimum atomic E-state index is 0.0547. The van der Waals surface area contributed by atoms with E-state index in [0.717, 1.165) is 43.6 Å². The Morgan fingerprint density at radius 2 is 0.708 bits per heavy atom. The van der Waals surface area contributed by atoms with Crippen LogP contribution in [0.3, 0.4) is 0 Å². The zero-order valence-electron chi connectivity index (χ0n) is 25.0. The minimum Gasteiger partial charge on any atom is -0.292 e. The molecule has 0 radical (unpaired) electrons. The molecule has 10 nitrogen and oxygen atoms in total. The molecule has 4 aromatic carbocycles. The predicted octanol–water partition coefficient (Wildman–Crippen LogP) is 7.33. The van der Waals surface area contributed by atoms with Crippen LogP contribution in [0.5, 0.6) is 0 Å². The van der Waals surface area contributed by atoms with Crippen molar-refractivity contribution in [1.82, 2.24) is 39.0 Å². The molecule has 0 aliphatic carbocycles. The van der Waals surface area contributed by atoms with E-state index in [1.54, 1.807) is 24.8 Å². The minimum absolute atomic E-state index is 0.0547. The quantitative estimate of drug-likeness (QED) is 0.201. The van der Waals surface area contributed by atoms with Crippen molar-refractivity contribution < 1.29 is 0 Å². The topological polar surface area (TPSA) is 135 Å². The van der Waals surface area contributed by atoms with Crippen LogP contribution in [0.4, 0.5) is 0 Å². The molecule has 5 heterocycles. The second kappa shape index (κ2) is 10.7. The standard InChI is InChI=1S/C38H20N10/c39-17-33-41-19-23(20-42-33)35-37(47-29-13-5-1-9-25(29)26-10-2-6-14-30(26)47)45-36(24-21-43-34(18-40)44-22-24)38(46-35)48-31-15-7-3-11-27(31)28-12-4-8-16-32(28)48/h1-16,19-22H. The van der Waals surface area contributed by atoms with Gasteiger partial charge in [-0.3, -0.25) is 9.13 Å². The highest BCUT2D eigenvalue weighted by molar-refractivity contribution is 6.10. The molecular weight excluding hydrogens is 596 g/mol. The highest BCUT2D eigenvalue weighted by atomic mass is 15.2. The maximum Gasteiger partial charge on any atom is 0.232 e. The normalized spacial score (nSPS) is 11.3. The first-order chi connectivity index (χ1) is 23.7. The van der Waals surface area contributed by atoms with Gasteiger partial charge < -0.3 is 0 Å². The summed E-state index contributed by atoms with van der Waals surface area (Å²) < 4.78 is 4.18. The van der Waals surface area contributed by atoms with E-state index in [9.17, 15) is 10.5 Å². The molecule has 0 aliphatic rings. The molecule has 0 aliphatic heterocycles. The van der Waals surface area contributed by atoms with E-state index in [4.69, 9.17) is 9.97 Å². The van der Waals surface area contributed by atoms with Crippen LogP contribution in [0.15, 0.2) is 122 Å². The lowest BCUT2D eigenvalue weighted by molar-refractivity contribution is 0.989. The van der Waals surface area contributed by atoms with Crippen molar-refractivity contribution in [2.45, 2.75) is 0 Å². The first-order valence-corrected chi connectivity index (χ1v) is 15.1. The van der Waals surface area contributed by atoms with Gasteiger partial charge in [0.2, 0.25) is 11.6 Å². The van der Waals surface area contributed by atoms with Gasteiger partial charge in [0.15, 0.2) is 11.6 Å². The van der Waals surface area contributed by atoms with E-state index in [0.29, 0.717) is 34.2 Å². The molecule has 0 fully saturated rings. The Labute approximate surface area is 272 Å². The van der Waals surface area contributed by atoms with Gasteiger partial charge in [0, 0.05) is 57.5 Å². The number of benzene rings is 4. The molecule has 0 N–H and O–H groups in total. The molecule has 48 heavy (non-hydrogen) atoms. The number of hydrogen-bond donors (Lipinski definition) is 0. The zero-order valence-corrected chi connectivity index (χ0v) is 25.0. The average Bonchev–Trinajstić information content (AvgIpc) is 3.67. The van der Waals surface area contributed by atoms with Crippen molar-refractivity contribution in [1.29, 1.82) is 10.5 Å². The van der Waals surface area contributed by atoms with Crippen molar-refractivity contribution in [3.63, 3.8) is 0 Å². The van der Waals surface area contributed by atoms with Crippen molar-refractivity contribution in [3.8, 4) is 46.3 Å². The van der Waals surface area contributed by atoms with E-state index in [2.05, 4.69) is 77.6 Å². The highest BCUT2D eigenvalue weighted by Gasteiger charge is 2.25. The van der Waals surface area contributed by atoms with Crippen molar-refractivity contribution in [3.05, 3.63) is 133 Å². The summed E-state index contributed by atoms with van der Waals surface area (Å²) >= 11 is 0. The fourth-order valence-corrected chi connectivity index (χ4v) is 6.43. The Balaban J connectivity index is 1.47. The first kappa shape index (κ1) is 27.0. The van der Waals surface area contributed by atoms with Crippen LogP contribution in [-0.4, -0.2) is 39.0 Å². The third kappa shape index (κ3) is 4.04. The fraction of sp³-hybridized carbons (Fsp3) is 0. The summed E-state index contributed by atoms with van der Waals surface area (Å²) in [4.78, 5) is 28.1. The average molecular weight is 617 g/mol. The summed E-state index contributed by atoms with van der Waals surface area (Å²) in [5.41, 5.74) is 5.96. The van der Waals surface area contributed by atoms with Crippen LogP contribution in [-0.2, 0) is 0 Å². The molecule has 0 bridgehead atoms. The van der Waals surface area contributed by atoms with E-state index >= 15 is 0 Å². The number of nitrogens with zero attached hydrogens (tertiary/aromatic N) is 10. The van der Waals surface area contributed by atoms with Crippen LogP contribution >= 0.6 is 0 Å². The first-order valence-electron chi connectivity index (χ1n) is 15.1. The molecular formula is C38H20N10. The molecule has 0 unspecified atom stereocenters. The maximum absolute atomic E-state index is 9.47. The maximum atomic E-state index is 9.47. The molecule has 0 atom stereocenters. The lowest BCUT2D eigenvalue weighted by Gasteiger charge is -2.18. The molecule has 9 rings (SSSR count). The van der Waals surface area contributed by atoms with E-state index in [-0.39, 0.29) is 11.6 Å².